The number of carbonyl (C=O) groups is 1. The van der Waals surface area contributed by atoms with Crippen molar-refractivity contribution in [1.29, 1.82) is 0 Å². The number of likely N-dealkylation sites (tertiary alicyclic amines) is 1. The van der Waals surface area contributed by atoms with Crippen LogP contribution in [0.3, 0.4) is 0 Å². The van der Waals surface area contributed by atoms with Crippen LogP contribution in [0.5, 0.6) is 0 Å². The molecule has 3 nitrogen and oxygen atoms in total. The van der Waals surface area contributed by atoms with Crippen molar-refractivity contribution in [2.24, 2.45) is 11.8 Å². The molecule has 0 spiro atoms. The maximum Gasteiger partial charge on any atom is 0.228 e. The number of nitrogens with one attached hydrogen (secondary N) is 1. The highest BCUT2D eigenvalue weighted by Crippen LogP contribution is 2.37. The molecule has 1 aromatic rings. The molecule has 2 fully saturated rings. The van der Waals surface area contributed by atoms with E-state index < -0.39 is 0 Å². The number of hydrogen-bond donors (Lipinski definition) is 1. The first-order valence-electron chi connectivity index (χ1n) is 6.92. The highest BCUT2D eigenvalue weighted by molar-refractivity contribution is 5.81. The minimum atomic E-state index is -0.203. The molecule has 0 saturated carbocycles. The van der Waals surface area contributed by atoms with Gasteiger partial charge in [-0.2, -0.15) is 0 Å². The van der Waals surface area contributed by atoms with Gasteiger partial charge in [0.25, 0.3) is 0 Å². The number of carbonyl (C=O) groups excluding carboxylic acids is 1. The van der Waals surface area contributed by atoms with Gasteiger partial charge in [0.2, 0.25) is 5.91 Å². The fourth-order valence-corrected chi connectivity index (χ4v) is 3.03. The molecule has 2 aliphatic rings. The van der Waals surface area contributed by atoms with Crippen LogP contribution in [0.15, 0.2) is 24.3 Å². The Morgan fingerprint density at radius 2 is 2.11 bits per heavy atom. The fourth-order valence-electron chi connectivity index (χ4n) is 3.03. The Morgan fingerprint density at radius 3 is 2.74 bits per heavy atom. The molecule has 102 valence electrons. The van der Waals surface area contributed by atoms with Gasteiger partial charge in [-0.25, -0.2) is 4.39 Å². The number of benzene rings is 1. The molecule has 19 heavy (non-hydrogen) atoms. The zero-order valence-corrected chi connectivity index (χ0v) is 11.1. The molecule has 0 radical (unpaired) electrons. The molecule has 1 aromatic carbocycles. The Hall–Kier alpha value is -1.42. The fraction of sp³-hybridized carbons (Fsp3) is 0.533. The van der Waals surface area contributed by atoms with E-state index in [1.54, 1.807) is 12.1 Å². The average Bonchev–Trinajstić information content (AvgIpc) is 2.69. The van der Waals surface area contributed by atoms with E-state index in [0.29, 0.717) is 11.5 Å². The van der Waals surface area contributed by atoms with Crippen LogP contribution in [-0.4, -0.2) is 30.4 Å². The maximum absolute atomic E-state index is 14.0. The molecule has 0 aromatic heterocycles. The summed E-state index contributed by atoms with van der Waals surface area (Å²) >= 11 is 0. The van der Waals surface area contributed by atoms with E-state index in [1.807, 2.05) is 11.0 Å². The molecule has 1 N–H and O–H groups in total. The highest BCUT2D eigenvalue weighted by atomic mass is 19.1. The summed E-state index contributed by atoms with van der Waals surface area (Å²) in [7, 11) is 0. The Bertz CT molecular complexity index is 487. The van der Waals surface area contributed by atoms with Gasteiger partial charge in [0.1, 0.15) is 5.82 Å². The van der Waals surface area contributed by atoms with Gasteiger partial charge in [0.15, 0.2) is 0 Å². The monoisotopic (exact) mass is 262 g/mol. The van der Waals surface area contributed by atoms with Gasteiger partial charge >= 0.3 is 0 Å². The molecule has 2 saturated heterocycles. The molecule has 0 bridgehead atoms. The van der Waals surface area contributed by atoms with Crippen LogP contribution >= 0.6 is 0 Å². The smallest absolute Gasteiger partial charge is 0.228 e. The third-order valence-electron chi connectivity index (χ3n) is 4.19. The SMILES string of the molecule is CC1CC(c2ccccc2F)N(C(=O)C2CNC2)C1. The molecular formula is C15H19FN2O. The van der Waals surface area contributed by atoms with Crippen LogP contribution in [0.25, 0.3) is 0 Å². The predicted octanol–water partition coefficient (Wildman–Crippen LogP) is 1.95. The van der Waals surface area contributed by atoms with Crippen LogP contribution in [0.2, 0.25) is 0 Å². The Morgan fingerprint density at radius 1 is 1.37 bits per heavy atom. The second-order valence-corrected chi connectivity index (χ2v) is 5.72. The molecule has 4 heteroatoms. The van der Waals surface area contributed by atoms with E-state index in [2.05, 4.69) is 12.2 Å². The third kappa shape index (κ3) is 2.25. The topological polar surface area (TPSA) is 32.3 Å². The van der Waals surface area contributed by atoms with Gasteiger partial charge in [-0.1, -0.05) is 25.1 Å². The van der Waals surface area contributed by atoms with Gasteiger partial charge in [0, 0.05) is 25.2 Å². The molecule has 2 aliphatic heterocycles. The Balaban J connectivity index is 1.86. The third-order valence-corrected chi connectivity index (χ3v) is 4.19. The van der Waals surface area contributed by atoms with Gasteiger partial charge in [-0.15, -0.1) is 0 Å². The van der Waals surface area contributed by atoms with Gasteiger partial charge in [-0.05, 0) is 18.4 Å². The molecular weight excluding hydrogens is 243 g/mol. The van der Waals surface area contributed by atoms with Gasteiger partial charge < -0.3 is 10.2 Å². The van der Waals surface area contributed by atoms with Gasteiger partial charge in [-0.3, -0.25) is 4.79 Å². The number of halogens is 1. The van der Waals surface area contributed by atoms with Crippen molar-refractivity contribution in [3.63, 3.8) is 0 Å². The number of hydrogen-bond acceptors (Lipinski definition) is 2. The van der Waals surface area contributed by atoms with Crippen molar-refractivity contribution in [2.45, 2.75) is 19.4 Å². The molecule has 0 aliphatic carbocycles. The summed E-state index contributed by atoms with van der Waals surface area (Å²) < 4.78 is 14.0. The largest absolute Gasteiger partial charge is 0.335 e. The molecule has 2 atom stereocenters. The minimum absolute atomic E-state index is 0.0829. The highest BCUT2D eigenvalue weighted by Gasteiger charge is 2.39. The van der Waals surface area contributed by atoms with Crippen LogP contribution in [0, 0.1) is 17.7 Å². The van der Waals surface area contributed by atoms with E-state index >= 15 is 0 Å². The quantitative estimate of drug-likeness (QED) is 0.883. The summed E-state index contributed by atoms with van der Waals surface area (Å²) in [6, 6.07) is 6.72. The number of amides is 1. The first kappa shape index (κ1) is 12.6. The predicted molar refractivity (Wildman–Crippen MR) is 71.0 cm³/mol. The number of rotatable bonds is 2. The summed E-state index contributed by atoms with van der Waals surface area (Å²) in [6.45, 7) is 4.38. The van der Waals surface area contributed by atoms with Crippen molar-refractivity contribution in [2.75, 3.05) is 19.6 Å². The maximum atomic E-state index is 14.0. The lowest BCUT2D eigenvalue weighted by Gasteiger charge is -2.33. The average molecular weight is 262 g/mol. The molecule has 2 heterocycles. The van der Waals surface area contributed by atoms with Crippen molar-refractivity contribution < 1.29 is 9.18 Å². The Labute approximate surface area is 112 Å². The lowest BCUT2D eigenvalue weighted by Crippen LogP contribution is -2.52. The minimum Gasteiger partial charge on any atom is -0.335 e. The normalized spacial score (nSPS) is 27.4. The summed E-state index contributed by atoms with van der Waals surface area (Å²) in [5, 5.41) is 3.12. The second kappa shape index (κ2) is 4.93. The summed E-state index contributed by atoms with van der Waals surface area (Å²) in [5.74, 6) is 0.489. The number of nitrogens with zero attached hydrogens (tertiary/aromatic N) is 1. The van der Waals surface area contributed by atoms with Crippen LogP contribution in [-0.2, 0) is 4.79 Å². The first-order chi connectivity index (χ1) is 9.16. The lowest BCUT2D eigenvalue weighted by atomic mass is 9.98. The standard InChI is InChI=1S/C15H19FN2O/c1-10-6-14(12-4-2-3-5-13(12)16)18(9-10)15(19)11-7-17-8-11/h2-5,10-11,14,17H,6-9H2,1H3. The van der Waals surface area contributed by atoms with Crippen molar-refractivity contribution in [3.05, 3.63) is 35.6 Å². The molecule has 1 amide bonds. The van der Waals surface area contributed by atoms with Crippen LogP contribution in [0.4, 0.5) is 4.39 Å². The summed E-state index contributed by atoms with van der Waals surface area (Å²) in [4.78, 5) is 14.3. The van der Waals surface area contributed by atoms with E-state index in [-0.39, 0.29) is 23.7 Å². The molecule has 2 unspecified atom stereocenters. The van der Waals surface area contributed by atoms with E-state index in [1.165, 1.54) is 6.07 Å². The van der Waals surface area contributed by atoms with Crippen molar-refractivity contribution in [1.82, 2.24) is 10.2 Å². The van der Waals surface area contributed by atoms with Crippen molar-refractivity contribution >= 4 is 5.91 Å². The van der Waals surface area contributed by atoms with E-state index in [0.717, 1.165) is 26.1 Å². The lowest BCUT2D eigenvalue weighted by molar-refractivity contribution is -0.138. The zero-order chi connectivity index (χ0) is 13.4. The van der Waals surface area contributed by atoms with E-state index in [9.17, 15) is 9.18 Å². The molecule has 3 rings (SSSR count). The Kier molecular flexibility index (Phi) is 3.27. The van der Waals surface area contributed by atoms with E-state index in [4.69, 9.17) is 0 Å². The zero-order valence-electron chi connectivity index (χ0n) is 11.1. The summed E-state index contributed by atoms with van der Waals surface area (Å²) in [5.41, 5.74) is 0.660. The van der Waals surface area contributed by atoms with Crippen LogP contribution < -0.4 is 5.32 Å². The second-order valence-electron chi connectivity index (χ2n) is 5.72. The van der Waals surface area contributed by atoms with Crippen LogP contribution in [0.1, 0.15) is 24.9 Å². The van der Waals surface area contributed by atoms with Crippen molar-refractivity contribution in [3.8, 4) is 0 Å². The first-order valence-corrected chi connectivity index (χ1v) is 6.92. The summed E-state index contributed by atoms with van der Waals surface area (Å²) in [6.07, 6.45) is 0.854. The van der Waals surface area contributed by atoms with Gasteiger partial charge in [0.05, 0.1) is 12.0 Å².